The van der Waals surface area contributed by atoms with Crippen LogP contribution in [0.5, 0.6) is 0 Å². The van der Waals surface area contributed by atoms with Crippen LogP contribution in [0.15, 0.2) is 23.4 Å². The van der Waals surface area contributed by atoms with Gasteiger partial charge in [-0.3, -0.25) is 0 Å². The molecular formula is C14H23FN4O. The van der Waals surface area contributed by atoms with Crippen LogP contribution in [0.1, 0.15) is 24.5 Å². The van der Waals surface area contributed by atoms with Crippen molar-refractivity contribution >= 4 is 5.84 Å². The van der Waals surface area contributed by atoms with Gasteiger partial charge in [0, 0.05) is 23.7 Å². The molecule has 1 rings (SSSR count). The van der Waals surface area contributed by atoms with Gasteiger partial charge in [0.25, 0.3) is 0 Å². The number of nitrogens with zero attached hydrogens (tertiary/aromatic N) is 2. The van der Waals surface area contributed by atoms with Crippen molar-refractivity contribution in [3.8, 4) is 0 Å². The smallest absolute Gasteiger partial charge is 0.170 e. The normalized spacial score (nSPS) is 13.8. The van der Waals surface area contributed by atoms with Crippen molar-refractivity contribution in [3.63, 3.8) is 0 Å². The van der Waals surface area contributed by atoms with Gasteiger partial charge in [-0.1, -0.05) is 17.3 Å². The Morgan fingerprint density at radius 1 is 1.50 bits per heavy atom. The molecule has 0 fully saturated rings. The standard InChI is InChI=1S/C14H23FN4O/c1-10(6-7-19(2)3)17-9-12-5-4-11(8-13(12)15)14(16)18-20/h4-5,8,10,17,20H,6-7,9H2,1-3H3,(H2,16,18). The van der Waals surface area contributed by atoms with Gasteiger partial charge in [-0.15, -0.1) is 0 Å². The maximum absolute atomic E-state index is 13.9. The Morgan fingerprint density at radius 3 is 2.75 bits per heavy atom. The summed E-state index contributed by atoms with van der Waals surface area (Å²) < 4.78 is 13.9. The van der Waals surface area contributed by atoms with Crippen LogP contribution in [0.4, 0.5) is 4.39 Å². The number of benzene rings is 1. The molecule has 6 heteroatoms. The van der Waals surface area contributed by atoms with Gasteiger partial charge in [0.1, 0.15) is 5.82 Å². The molecule has 0 amide bonds. The summed E-state index contributed by atoms with van der Waals surface area (Å²) in [6, 6.07) is 4.87. The van der Waals surface area contributed by atoms with E-state index in [4.69, 9.17) is 10.9 Å². The predicted octanol–water partition coefficient (Wildman–Crippen LogP) is 1.35. The summed E-state index contributed by atoms with van der Waals surface area (Å²) in [6.45, 7) is 3.52. The second-order valence-corrected chi connectivity index (χ2v) is 5.17. The number of amidine groups is 1. The molecule has 112 valence electrons. The fraction of sp³-hybridized carbons (Fsp3) is 0.500. The number of nitrogens with two attached hydrogens (primary N) is 1. The number of rotatable bonds is 7. The molecule has 0 saturated carbocycles. The van der Waals surface area contributed by atoms with Crippen LogP contribution < -0.4 is 11.1 Å². The molecule has 1 aromatic rings. The summed E-state index contributed by atoms with van der Waals surface area (Å²) in [6.07, 6.45) is 0.997. The molecule has 5 nitrogen and oxygen atoms in total. The molecule has 1 aromatic carbocycles. The zero-order valence-corrected chi connectivity index (χ0v) is 12.2. The van der Waals surface area contributed by atoms with E-state index in [1.165, 1.54) is 6.07 Å². The SMILES string of the molecule is CC(CCN(C)C)NCc1ccc(C(N)=NO)cc1F. The average molecular weight is 282 g/mol. The molecule has 0 aliphatic carbocycles. The van der Waals surface area contributed by atoms with Crippen LogP contribution >= 0.6 is 0 Å². The minimum Gasteiger partial charge on any atom is -0.409 e. The van der Waals surface area contributed by atoms with Gasteiger partial charge in [-0.05, 0) is 40.1 Å². The molecule has 0 saturated heterocycles. The molecule has 0 heterocycles. The van der Waals surface area contributed by atoms with E-state index in [1.807, 2.05) is 14.1 Å². The highest BCUT2D eigenvalue weighted by Crippen LogP contribution is 2.11. The van der Waals surface area contributed by atoms with E-state index in [1.54, 1.807) is 12.1 Å². The summed E-state index contributed by atoms with van der Waals surface area (Å²) in [7, 11) is 4.05. The number of oxime groups is 1. The van der Waals surface area contributed by atoms with E-state index < -0.39 is 0 Å². The molecule has 0 spiro atoms. The molecule has 1 atom stereocenters. The molecule has 0 aromatic heterocycles. The third kappa shape index (κ3) is 5.14. The number of hydrogen-bond acceptors (Lipinski definition) is 4. The van der Waals surface area contributed by atoms with Gasteiger partial charge < -0.3 is 21.2 Å². The minimum absolute atomic E-state index is 0.0947. The summed E-state index contributed by atoms with van der Waals surface area (Å²) in [5, 5.41) is 14.7. The van der Waals surface area contributed by atoms with Crippen LogP contribution in [0.2, 0.25) is 0 Å². The van der Waals surface area contributed by atoms with Crippen LogP contribution in [0, 0.1) is 5.82 Å². The molecular weight excluding hydrogens is 259 g/mol. The minimum atomic E-state index is -0.360. The van der Waals surface area contributed by atoms with Gasteiger partial charge in [0.05, 0.1) is 0 Å². The van der Waals surface area contributed by atoms with Gasteiger partial charge in [0.15, 0.2) is 5.84 Å². The molecule has 1 unspecified atom stereocenters. The molecule has 20 heavy (non-hydrogen) atoms. The first-order valence-corrected chi connectivity index (χ1v) is 6.58. The highest BCUT2D eigenvalue weighted by molar-refractivity contribution is 5.97. The van der Waals surface area contributed by atoms with E-state index in [9.17, 15) is 4.39 Å². The van der Waals surface area contributed by atoms with E-state index in [-0.39, 0.29) is 11.7 Å². The average Bonchev–Trinajstić information content (AvgIpc) is 2.42. The van der Waals surface area contributed by atoms with Crippen molar-refractivity contribution in [1.29, 1.82) is 0 Å². The van der Waals surface area contributed by atoms with E-state index >= 15 is 0 Å². The summed E-state index contributed by atoms with van der Waals surface area (Å²) in [5.41, 5.74) is 6.35. The third-order valence-corrected chi connectivity index (χ3v) is 3.11. The number of hydrogen-bond donors (Lipinski definition) is 3. The quantitative estimate of drug-likeness (QED) is 0.305. The Morgan fingerprint density at radius 2 is 2.20 bits per heavy atom. The van der Waals surface area contributed by atoms with Gasteiger partial charge in [0.2, 0.25) is 0 Å². The Bertz CT molecular complexity index is 462. The summed E-state index contributed by atoms with van der Waals surface area (Å²) in [5.74, 6) is -0.454. The van der Waals surface area contributed by atoms with Crippen molar-refractivity contribution in [2.75, 3.05) is 20.6 Å². The Hall–Kier alpha value is -1.66. The number of halogens is 1. The Balaban J connectivity index is 2.56. The molecule has 0 aliphatic heterocycles. The fourth-order valence-electron chi connectivity index (χ4n) is 1.75. The second kappa shape index (κ2) is 7.81. The zero-order chi connectivity index (χ0) is 15.1. The zero-order valence-electron chi connectivity index (χ0n) is 12.2. The second-order valence-electron chi connectivity index (χ2n) is 5.17. The van der Waals surface area contributed by atoms with Gasteiger partial charge in [-0.25, -0.2) is 4.39 Å². The van der Waals surface area contributed by atoms with E-state index in [0.717, 1.165) is 13.0 Å². The lowest BCUT2D eigenvalue weighted by Crippen LogP contribution is -2.29. The topological polar surface area (TPSA) is 73.9 Å². The van der Waals surface area contributed by atoms with Gasteiger partial charge >= 0.3 is 0 Å². The lowest BCUT2D eigenvalue weighted by molar-refractivity contribution is 0.318. The van der Waals surface area contributed by atoms with Crippen LogP contribution in [0.3, 0.4) is 0 Å². The van der Waals surface area contributed by atoms with E-state index in [0.29, 0.717) is 23.7 Å². The highest BCUT2D eigenvalue weighted by Gasteiger charge is 2.08. The number of nitrogens with one attached hydrogen (secondary N) is 1. The fourth-order valence-corrected chi connectivity index (χ4v) is 1.75. The maximum atomic E-state index is 13.9. The molecule has 0 aliphatic rings. The first-order chi connectivity index (χ1) is 9.43. The van der Waals surface area contributed by atoms with Gasteiger partial charge in [-0.2, -0.15) is 0 Å². The van der Waals surface area contributed by atoms with E-state index in [2.05, 4.69) is 22.3 Å². The predicted molar refractivity (Wildman–Crippen MR) is 78.4 cm³/mol. The molecule has 0 bridgehead atoms. The van der Waals surface area contributed by atoms with Crippen LogP contribution in [0.25, 0.3) is 0 Å². The monoisotopic (exact) mass is 282 g/mol. The summed E-state index contributed by atoms with van der Waals surface area (Å²) in [4.78, 5) is 2.12. The Kier molecular flexibility index (Phi) is 6.41. The van der Waals surface area contributed by atoms with Crippen molar-refractivity contribution in [2.45, 2.75) is 25.9 Å². The van der Waals surface area contributed by atoms with Crippen molar-refractivity contribution in [3.05, 3.63) is 35.1 Å². The lowest BCUT2D eigenvalue weighted by Gasteiger charge is -2.17. The van der Waals surface area contributed by atoms with Crippen molar-refractivity contribution in [1.82, 2.24) is 10.2 Å². The molecule has 0 radical (unpaired) electrons. The lowest BCUT2D eigenvalue weighted by atomic mass is 10.1. The van der Waals surface area contributed by atoms with Crippen molar-refractivity contribution in [2.24, 2.45) is 10.9 Å². The van der Waals surface area contributed by atoms with Crippen LogP contribution in [-0.4, -0.2) is 42.6 Å². The highest BCUT2D eigenvalue weighted by atomic mass is 19.1. The van der Waals surface area contributed by atoms with Crippen LogP contribution in [-0.2, 0) is 6.54 Å². The first-order valence-electron chi connectivity index (χ1n) is 6.58. The largest absolute Gasteiger partial charge is 0.409 e. The summed E-state index contributed by atoms with van der Waals surface area (Å²) >= 11 is 0. The first kappa shape index (κ1) is 16.4. The third-order valence-electron chi connectivity index (χ3n) is 3.11. The molecule has 4 N–H and O–H groups in total. The Labute approximate surface area is 119 Å². The maximum Gasteiger partial charge on any atom is 0.170 e. The van der Waals surface area contributed by atoms with Crippen molar-refractivity contribution < 1.29 is 9.60 Å².